The van der Waals surface area contributed by atoms with Crippen molar-refractivity contribution in [1.82, 2.24) is 10.0 Å². The summed E-state index contributed by atoms with van der Waals surface area (Å²) in [4.78, 5) is 16.4. The molecule has 114 valence electrons. The third-order valence-corrected chi connectivity index (χ3v) is 4.33. The number of benzene rings is 1. The first kappa shape index (κ1) is 15.4. The summed E-state index contributed by atoms with van der Waals surface area (Å²) in [7, 11) is -1.72. The minimum atomic E-state index is -3.26. The number of hydrogen-bond acceptors (Lipinski definition) is 4. The average Bonchev–Trinajstić information content (AvgIpc) is 2.75. The van der Waals surface area contributed by atoms with Crippen LogP contribution in [0.3, 0.4) is 0 Å². The lowest BCUT2D eigenvalue weighted by Gasteiger charge is -2.03. The van der Waals surface area contributed by atoms with Crippen molar-refractivity contribution in [3.05, 3.63) is 30.0 Å². The SMILES string of the molecule is COn1cc(CCNC(C)=O)c2cc(S(C)(=O)=O)ccc21. The average molecular weight is 310 g/mol. The fraction of sp³-hybridized carbons (Fsp3) is 0.357. The summed E-state index contributed by atoms with van der Waals surface area (Å²) in [5.41, 5.74) is 1.72. The van der Waals surface area contributed by atoms with Crippen LogP contribution >= 0.6 is 0 Å². The molecule has 2 aromatic rings. The van der Waals surface area contributed by atoms with Crippen LogP contribution in [0.15, 0.2) is 29.3 Å². The van der Waals surface area contributed by atoms with Crippen LogP contribution in [0, 0.1) is 0 Å². The third-order valence-electron chi connectivity index (χ3n) is 3.22. The van der Waals surface area contributed by atoms with E-state index in [-0.39, 0.29) is 10.8 Å². The summed E-state index contributed by atoms with van der Waals surface area (Å²) in [6.45, 7) is 1.95. The topological polar surface area (TPSA) is 77.4 Å². The number of amides is 1. The van der Waals surface area contributed by atoms with Gasteiger partial charge in [0.05, 0.1) is 10.4 Å². The quantitative estimate of drug-likeness (QED) is 0.885. The Kier molecular flexibility index (Phi) is 4.22. The van der Waals surface area contributed by atoms with Gasteiger partial charge in [0.2, 0.25) is 5.91 Å². The first-order chi connectivity index (χ1) is 9.82. The molecule has 0 bridgehead atoms. The van der Waals surface area contributed by atoms with Gasteiger partial charge in [0.15, 0.2) is 9.84 Å². The lowest BCUT2D eigenvalue weighted by Crippen LogP contribution is -2.22. The Bertz CT molecular complexity index is 778. The summed E-state index contributed by atoms with van der Waals surface area (Å²) in [5, 5.41) is 3.53. The zero-order valence-corrected chi connectivity index (χ0v) is 13.0. The van der Waals surface area contributed by atoms with Gasteiger partial charge in [-0.25, -0.2) is 8.42 Å². The summed E-state index contributed by atoms with van der Waals surface area (Å²) in [6.07, 6.45) is 3.58. The molecule has 0 atom stereocenters. The van der Waals surface area contributed by atoms with Gasteiger partial charge in [-0.3, -0.25) is 4.79 Å². The molecule has 21 heavy (non-hydrogen) atoms. The fourth-order valence-corrected chi connectivity index (χ4v) is 2.85. The molecule has 1 heterocycles. The first-order valence-corrected chi connectivity index (χ1v) is 8.35. The molecule has 1 N–H and O–H groups in total. The third kappa shape index (κ3) is 3.36. The summed E-state index contributed by atoms with van der Waals surface area (Å²) < 4.78 is 24.9. The number of aromatic nitrogens is 1. The van der Waals surface area contributed by atoms with E-state index in [1.165, 1.54) is 13.2 Å². The highest BCUT2D eigenvalue weighted by Gasteiger charge is 2.13. The molecule has 0 fully saturated rings. The van der Waals surface area contributed by atoms with Crippen molar-refractivity contribution in [3.63, 3.8) is 0 Å². The summed E-state index contributed by atoms with van der Waals surface area (Å²) >= 11 is 0. The Balaban J connectivity index is 2.45. The second kappa shape index (κ2) is 5.77. The Labute approximate surface area is 123 Å². The van der Waals surface area contributed by atoms with Gasteiger partial charge in [-0.2, -0.15) is 4.73 Å². The van der Waals surface area contributed by atoms with Crippen molar-refractivity contribution in [2.75, 3.05) is 19.9 Å². The zero-order valence-electron chi connectivity index (χ0n) is 12.2. The molecule has 1 aromatic carbocycles. The van der Waals surface area contributed by atoms with Crippen molar-refractivity contribution in [2.45, 2.75) is 18.2 Å². The van der Waals surface area contributed by atoms with Crippen LogP contribution < -0.4 is 10.2 Å². The predicted octanol–water partition coefficient (Wildman–Crippen LogP) is 0.782. The van der Waals surface area contributed by atoms with Crippen molar-refractivity contribution in [1.29, 1.82) is 0 Å². The minimum absolute atomic E-state index is 0.0951. The molecule has 0 aliphatic rings. The van der Waals surface area contributed by atoms with Gasteiger partial charge in [-0.15, -0.1) is 0 Å². The van der Waals surface area contributed by atoms with E-state index in [2.05, 4.69) is 5.32 Å². The maximum Gasteiger partial charge on any atom is 0.216 e. The van der Waals surface area contributed by atoms with Crippen LogP contribution in [0.2, 0.25) is 0 Å². The predicted molar refractivity (Wildman–Crippen MR) is 79.9 cm³/mol. The summed E-state index contributed by atoms with van der Waals surface area (Å²) in [6, 6.07) is 4.92. The van der Waals surface area contributed by atoms with Crippen molar-refractivity contribution in [2.24, 2.45) is 0 Å². The molecule has 0 aliphatic heterocycles. The molecule has 0 saturated heterocycles. The molecule has 0 radical (unpaired) electrons. The molecule has 6 nitrogen and oxygen atoms in total. The number of sulfone groups is 1. The van der Waals surface area contributed by atoms with Gasteiger partial charge >= 0.3 is 0 Å². The largest absolute Gasteiger partial charge is 0.417 e. The van der Waals surface area contributed by atoms with Crippen LogP contribution in [0.25, 0.3) is 10.9 Å². The number of nitrogens with one attached hydrogen (secondary N) is 1. The van der Waals surface area contributed by atoms with Crippen molar-refractivity contribution in [3.8, 4) is 0 Å². The molecule has 0 aliphatic carbocycles. The standard InChI is InChI=1S/C14H18N2O4S/c1-10(17)15-7-6-11-9-16(20-2)14-5-4-12(8-13(11)14)21(3,18)19/h4-5,8-9H,6-7H2,1-3H3,(H,15,17). The number of nitrogens with zero attached hydrogens (tertiary/aromatic N) is 1. The number of rotatable bonds is 5. The fourth-order valence-electron chi connectivity index (χ4n) is 2.20. The maximum absolute atomic E-state index is 11.7. The number of hydrogen-bond donors (Lipinski definition) is 1. The normalized spacial score (nSPS) is 11.6. The minimum Gasteiger partial charge on any atom is -0.417 e. The molecule has 2 rings (SSSR count). The number of fused-ring (bicyclic) bond motifs is 1. The highest BCUT2D eigenvalue weighted by atomic mass is 32.2. The molecule has 0 unspecified atom stereocenters. The number of carbonyl (C=O) groups excluding carboxylic acids is 1. The Morgan fingerprint density at radius 3 is 2.67 bits per heavy atom. The molecule has 1 amide bonds. The van der Waals surface area contributed by atoms with Crippen LogP contribution in [0.1, 0.15) is 12.5 Å². The second-order valence-electron chi connectivity index (χ2n) is 4.85. The van der Waals surface area contributed by atoms with Gasteiger partial charge in [-0.05, 0) is 30.2 Å². The monoisotopic (exact) mass is 310 g/mol. The van der Waals surface area contributed by atoms with Gasteiger partial charge in [0, 0.05) is 31.3 Å². The van der Waals surface area contributed by atoms with E-state index in [1.54, 1.807) is 36.2 Å². The maximum atomic E-state index is 11.7. The smallest absolute Gasteiger partial charge is 0.216 e. The van der Waals surface area contributed by atoms with Crippen LogP contribution in [-0.4, -0.2) is 39.0 Å². The van der Waals surface area contributed by atoms with Gasteiger partial charge in [0.1, 0.15) is 7.11 Å². The number of carbonyl (C=O) groups is 1. The van der Waals surface area contributed by atoms with E-state index in [1.807, 2.05) is 0 Å². The first-order valence-electron chi connectivity index (χ1n) is 6.46. The van der Waals surface area contributed by atoms with E-state index in [9.17, 15) is 13.2 Å². The van der Waals surface area contributed by atoms with E-state index >= 15 is 0 Å². The van der Waals surface area contributed by atoms with Crippen LogP contribution in [-0.2, 0) is 21.1 Å². The Morgan fingerprint density at radius 2 is 2.10 bits per heavy atom. The van der Waals surface area contributed by atoms with E-state index in [4.69, 9.17) is 4.84 Å². The Morgan fingerprint density at radius 1 is 1.38 bits per heavy atom. The highest BCUT2D eigenvalue weighted by molar-refractivity contribution is 7.90. The van der Waals surface area contributed by atoms with E-state index < -0.39 is 9.84 Å². The van der Waals surface area contributed by atoms with Crippen LogP contribution in [0.4, 0.5) is 0 Å². The molecule has 0 saturated carbocycles. The second-order valence-corrected chi connectivity index (χ2v) is 6.86. The van der Waals surface area contributed by atoms with Gasteiger partial charge in [0.25, 0.3) is 0 Å². The van der Waals surface area contributed by atoms with Crippen molar-refractivity contribution < 1.29 is 18.0 Å². The molecule has 1 aromatic heterocycles. The lowest BCUT2D eigenvalue weighted by molar-refractivity contribution is -0.118. The van der Waals surface area contributed by atoms with Gasteiger partial charge < -0.3 is 10.2 Å². The Hall–Kier alpha value is -2.02. The summed E-state index contributed by atoms with van der Waals surface area (Å²) in [5.74, 6) is -0.0951. The van der Waals surface area contributed by atoms with Crippen molar-refractivity contribution >= 4 is 26.6 Å². The molecule has 0 spiro atoms. The van der Waals surface area contributed by atoms with E-state index in [0.29, 0.717) is 13.0 Å². The lowest BCUT2D eigenvalue weighted by atomic mass is 10.1. The molecular formula is C14H18N2O4S. The van der Waals surface area contributed by atoms with E-state index in [0.717, 1.165) is 16.5 Å². The van der Waals surface area contributed by atoms with Gasteiger partial charge in [-0.1, -0.05) is 0 Å². The van der Waals surface area contributed by atoms with Crippen LogP contribution in [0.5, 0.6) is 0 Å². The molecular weight excluding hydrogens is 292 g/mol. The molecule has 7 heteroatoms. The zero-order chi connectivity index (χ0) is 15.6. The highest BCUT2D eigenvalue weighted by Crippen LogP contribution is 2.24.